The Balaban J connectivity index is 4.99. The van der Waals surface area contributed by atoms with E-state index in [4.69, 9.17) is 4.74 Å². The molecule has 0 amide bonds. The maximum atomic E-state index is 11.9. The molecule has 0 aromatic heterocycles. The van der Waals surface area contributed by atoms with Gasteiger partial charge < -0.3 is 9.84 Å². The van der Waals surface area contributed by atoms with Crippen molar-refractivity contribution < 1.29 is 19.4 Å². The van der Waals surface area contributed by atoms with Gasteiger partial charge in [0.2, 0.25) is 0 Å². The zero-order chi connectivity index (χ0) is 13.9. The van der Waals surface area contributed by atoms with E-state index < -0.39 is 17.0 Å². The first-order valence-corrected chi connectivity index (χ1v) is 5.98. The molecule has 0 unspecified atom stereocenters. The van der Waals surface area contributed by atoms with Crippen LogP contribution in [0.5, 0.6) is 0 Å². The molecule has 0 saturated heterocycles. The number of carbonyl (C=O) groups is 2. The quantitative estimate of drug-likeness (QED) is 0.751. The molecular formula is C13H24O4. The molecule has 0 aliphatic carbocycles. The minimum Gasteiger partial charge on any atom is -0.464 e. The van der Waals surface area contributed by atoms with Gasteiger partial charge in [-0.15, -0.1) is 0 Å². The van der Waals surface area contributed by atoms with Crippen LogP contribution in [0.1, 0.15) is 48.0 Å². The molecule has 0 saturated carbocycles. The topological polar surface area (TPSA) is 63.6 Å². The molecular weight excluding hydrogens is 220 g/mol. The monoisotopic (exact) mass is 244 g/mol. The van der Waals surface area contributed by atoms with Gasteiger partial charge in [-0.2, -0.15) is 0 Å². The number of Topliss-reactive ketones (excluding diaryl/α,β-unsaturated/α-hetero) is 1. The third-order valence-corrected chi connectivity index (χ3v) is 2.85. The van der Waals surface area contributed by atoms with E-state index in [1.807, 2.05) is 0 Å². The number of rotatable bonds is 5. The van der Waals surface area contributed by atoms with E-state index in [2.05, 4.69) is 0 Å². The van der Waals surface area contributed by atoms with E-state index >= 15 is 0 Å². The van der Waals surface area contributed by atoms with Crippen LogP contribution in [0.25, 0.3) is 0 Å². The van der Waals surface area contributed by atoms with Gasteiger partial charge in [0.25, 0.3) is 0 Å². The van der Waals surface area contributed by atoms with Gasteiger partial charge in [0, 0.05) is 11.8 Å². The Hall–Kier alpha value is -0.900. The standard InChI is InChI=1S/C13H24O4/c1-7-17-11(15)13(16,9(2)3)8-10(14)12(4,5)6/h9,16H,7-8H2,1-6H3/t13-/m0/s1. The first-order chi connectivity index (χ1) is 7.55. The summed E-state index contributed by atoms with van der Waals surface area (Å²) in [6, 6.07) is 0. The molecule has 0 aromatic carbocycles. The summed E-state index contributed by atoms with van der Waals surface area (Å²) in [5, 5.41) is 10.3. The molecule has 100 valence electrons. The Labute approximate surface area is 103 Å². The molecule has 0 heterocycles. The number of hydrogen-bond acceptors (Lipinski definition) is 4. The van der Waals surface area contributed by atoms with Gasteiger partial charge in [0.1, 0.15) is 5.78 Å². The highest BCUT2D eigenvalue weighted by Crippen LogP contribution is 2.28. The van der Waals surface area contributed by atoms with Crippen LogP contribution in [0.4, 0.5) is 0 Å². The molecule has 4 nitrogen and oxygen atoms in total. The summed E-state index contributed by atoms with van der Waals surface area (Å²) >= 11 is 0. The lowest BCUT2D eigenvalue weighted by molar-refractivity contribution is -0.173. The normalized spacial score (nSPS) is 15.5. The second-order valence-electron chi connectivity index (χ2n) is 5.65. The number of ketones is 1. The van der Waals surface area contributed by atoms with Gasteiger partial charge in [0.05, 0.1) is 6.61 Å². The maximum absolute atomic E-state index is 11.9. The minimum absolute atomic E-state index is 0.151. The smallest absolute Gasteiger partial charge is 0.338 e. The molecule has 0 aliphatic heterocycles. The van der Waals surface area contributed by atoms with E-state index in [0.717, 1.165) is 0 Å². The van der Waals surface area contributed by atoms with Gasteiger partial charge in [-0.1, -0.05) is 34.6 Å². The van der Waals surface area contributed by atoms with Crippen molar-refractivity contribution >= 4 is 11.8 Å². The zero-order valence-corrected chi connectivity index (χ0v) is 11.7. The van der Waals surface area contributed by atoms with Gasteiger partial charge in [-0.3, -0.25) is 4.79 Å². The van der Waals surface area contributed by atoms with Crippen LogP contribution < -0.4 is 0 Å². The molecule has 1 atom stereocenters. The Morgan fingerprint density at radius 2 is 1.71 bits per heavy atom. The SMILES string of the molecule is CCOC(=O)[C@](O)(CC(=O)C(C)(C)C)C(C)C. The zero-order valence-electron chi connectivity index (χ0n) is 11.7. The lowest BCUT2D eigenvalue weighted by Gasteiger charge is -2.31. The number of hydrogen-bond donors (Lipinski definition) is 1. The molecule has 0 fully saturated rings. The number of aliphatic hydroxyl groups is 1. The largest absolute Gasteiger partial charge is 0.464 e. The van der Waals surface area contributed by atoms with Gasteiger partial charge in [-0.25, -0.2) is 4.79 Å². The highest BCUT2D eigenvalue weighted by atomic mass is 16.5. The fraction of sp³-hybridized carbons (Fsp3) is 0.846. The Morgan fingerprint density at radius 1 is 1.24 bits per heavy atom. The fourth-order valence-corrected chi connectivity index (χ4v) is 1.28. The average Bonchev–Trinajstić information content (AvgIpc) is 2.15. The average molecular weight is 244 g/mol. The molecule has 0 radical (unpaired) electrons. The van der Waals surface area contributed by atoms with E-state index in [0.29, 0.717) is 0 Å². The molecule has 1 N–H and O–H groups in total. The first kappa shape index (κ1) is 16.1. The Morgan fingerprint density at radius 3 is 2.00 bits per heavy atom. The molecule has 0 rings (SSSR count). The lowest BCUT2D eigenvalue weighted by Crippen LogP contribution is -2.48. The molecule has 0 bridgehead atoms. The maximum Gasteiger partial charge on any atom is 0.338 e. The van der Waals surface area contributed by atoms with Crippen molar-refractivity contribution in [2.24, 2.45) is 11.3 Å². The van der Waals surface area contributed by atoms with E-state index in [1.165, 1.54) is 0 Å². The molecule has 0 spiro atoms. The lowest BCUT2D eigenvalue weighted by atomic mass is 9.78. The van der Waals surface area contributed by atoms with E-state index in [1.54, 1.807) is 41.5 Å². The van der Waals surface area contributed by atoms with Crippen LogP contribution in [0.2, 0.25) is 0 Å². The van der Waals surface area contributed by atoms with Crippen LogP contribution in [0.15, 0.2) is 0 Å². The predicted octanol–water partition coefficient (Wildman–Crippen LogP) is 1.94. The van der Waals surface area contributed by atoms with Crippen molar-refractivity contribution in [2.45, 2.75) is 53.6 Å². The predicted molar refractivity (Wildman–Crippen MR) is 65.5 cm³/mol. The van der Waals surface area contributed by atoms with Crippen LogP contribution in [0, 0.1) is 11.3 Å². The van der Waals surface area contributed by atoms with Gasteiger partial charge in [0.15, 0.2) is 5.60 Å². The highest BCUT2D eigenvalue weighted by Gasteiger charge is 2.44. The number of esters is 1. The summed E-state index contributed by atoms with van der Waals surface area (Å²) < 4.78 is 4.84. The summed E-state index contributed by atoms with van der Waals surface area (Å²) in [6.45, 7) is 10.6. The van der Waals surface area contributed by atoms with Crippen LogP contribution in [0.3, 0.4) is 0 Å². The molecule has 17 heavy (non-hydrogen) atoms. The summed E-state index contributed by atoms with van der Waals surface area (Å²) in [4.78, 5) is 23.7. The van der Waals surface area contributed by atoms with Crippen molar-refractivity contribution in [1.29, 1.82) is 0 Å². The minimum atomic E-state index is -1.72. The summed E-state index contributed by atoms with van der Waals surface area (Å²) in [5.41, 5.74) is -2.30. The second kappa shape index (κ2) is 5.63. The Bertz CT molecular complexity index is 288. The third kappa shape index (κ3) is 4.11. The highest BCUT2D eigenvalue weighted by molar-refractivity contribution is 5.91. The van der Waals surface area contributed by atoms with Crippen LogP contribution >= 0.6 is 0 Å². The molecule has 4 heteroatoms. The summed E-state index contributed by atoms with van der Waals surface area (Å²) in [7, 11) is 0. The van der Waals surface area contributed by atoms with Crippen molar-refractivity contribution in [3.8, 4) is 0 Å². The molecule has 0 aliphatic rings. The third-order valence-electron chi connectivity index (χ3n) is 2.85. The Kier molecular flexibility index (Phi) is 5.33. The number of ether oxygens (including phenoxy) is 1. The van der Waals surface area contributed by atoms with Crippen molar-refractivity contribution in [3.05, 3.63) is 0 Å². The second-order valence-corrected chi connectivity index (χ2v) is 5.65. The van der Waals surface area contributed by atoms with Crippen molar-refractivity contribution in [3.63, 3.8) is 0 Å². The van der Waals surface area contributed by atoms with Crippen LogP contribution in [-0.2, 0) is 14.3 Å². The summed E-state index contributed by atoms with van der Waals surface area (Å²) in [5.74, 6) is -1.23. The molecule has 0 aromatic rings. The summed E-state index contributed by atoms with van der Waals surface area (Å²) in [6.07, 6.45) is -0.201. The van der Waals surface area contributed by atoms with Crippen molar-refractivity contribution in [1.82, 2.24) is 0 Å². The first-order valence-electron chi connectivity index (χ1n) is 5.98. The van der Waals surface area contributed by atoms with Crippen molar-refractivity contribution in [2.75, 3.05) is 6.61 Å². The van der Waals surface area contributed by atoms with E-state index in [-0.39, 0.29) is 24.7 Å². The fourth-order valence-electron chi connectivity index (χ4n) is 1.28. The van der Waals surface area contributed by atoms with Gasteiger partial charge >= 0.3 is 5.97 Å². The number of carbonyl (C=O) groups excluding carboxylic acids is 2. The van der Waals surface area contributed by atoms with Crippen LogP contribution in [-0.4, -0.2) is 29.1 Å². The van der Waals surface area contributed by atoms with E-state index in [9.17, 15) is 14.7 Å². The van der Waals surface area contributed by atoms with Gasteiger partial charge in [-0.05, 0) is 12.8 Å².